The Morgan fingerprint density at radius 2 is 2.33 bits per heavy atom. The number of hydrogen-bond acceptors (Lipinski definition) is 4. The lowest BCUT2D eigenvalue weighted by molar-refractivity contribution is 0.257. The number of rotatable bonds is 4. The van der Waals surface area contributed by atoms with Gasteiger partial charge >= 0.3 is 0 Å². The molecule has 4 heteroatoms. The van der Waals surface area contributed by atoms with E-state index in [0.29, 0.717) is 6.04 Å². The molecular formula is C14H24N4. The van der Waals surface area contributed by atoms with Crippen molar-refractivity contribution >= 4 is 5.82 Å². The van der Waals surface area contributed by atoms with Crippen molar-refractivity contribution in [3.63, 3.8) is 0 Å². The lowest BCUT2D eigenvalue weighted by atomic mass is 10.0. The third-order valence-corrected chi connectivity index (χ3v) is 3.64. The molecule has 1 atom stereocenters. The van der Waals surface area contributed by atoms with Crippen LogP contribution in [0.3, 0.4) is 0 Å². The summed E-state index contributed by atoms with van der Waals surface area (Å²) < 4.78 is 0. The van der Waals surface area contributed by atoms with Crippen LogP contribution in [0.25, 0.3) is 0 Å². The summed E-state index contributed by atoms with van der Waals surface area (Å²) in [6.45, 7) is 3.11. The molecule has 0 aliphatic carbocycles. The summed E-state index contributed by atoms with van der Waals surface area (Å²) in [4.78, 5) is 9.25. The maximum Gasteiger partial charge on any atom is 0.128 e. The quantitative estimate of drug-likeness (QED) is 0.871. The highest BCUT2D eigenvalue weighted by Gasteiger charge is 2.22. The Morgan fingerprint density at radius 1 is 1.50 bits per heavy atom. The van der Waals surface area contributed by atoms with Crippen LogP contribution in [0.2, 0.25) is 0 Å². The Morgan fingerprint density at radius 3 is 3.06 bits per heavy atom. The Balaban J connectivity index is 2.08. The Labute approximate surface area is 110 Å². The van der Waals surface area contributed by atoms with Crippen LogP contribution in [0.15, 0.2) is 18.3 Å². The van der Waals surface area contributed by atoms with E-state index in [2.05, 4.69) is 46.3 Å². The van der Waals surface area contributed by atoms with Gasteiger partial charge < -0.3 is 15.1 Å². The molecule has 1 aliphatic heterocycles. The van der Waals surface area contributed by atoms with E-state index in [9.17, 15) is 0 Å². The minimum atomic E-state index is 0.647. The van der Waals surface area contributed by atoms with Gasteiger partial charge in [-0.15, -0.1) is 0 Å². The Kier molecular flexibility index (Phi) is 4.55. The van der Waals surface area contributed by atoms with Crippen molar-refractivity contribution in [3.05, 3.63) is 23.9 Å². The fourth-order valence-electron chi connectivity index (χ4n) is 2.53. The maximum atomic E-state index is 4.52. The summed E-state index contributed by atoms with van der Waals surface area (Å²) in [5.41, 5.74) is 1.30. The molecule has 0 radical (unpaired) electrons. The standard InChI is InChI=1S/C14H24N4/c1-15-10-12-6-7-16-14(9-12)18-8-4-5-13(11-18)17(2)3/h6-7,9,13,15H,4-5,8,10-11H2,1-3H3. The largest absolute Gasteiger partial charge is 0.355 e. The van der Waals surface area contributed by atoms with Crippen molar-refractivity contribution < 1.29 is 0 Å². The first kappa shape index (κ1) is 13.3. The van der Waals surface area contributed by atoms with Crippen LogP contribution in [0.5, 0.6) is 0 Å². The van der Waals surface area contributed by atoms with E-state index in [1.54, 1.807) is 0 Å². The number of hydrogen-bond donors (Lipinski definition) is 1. The van der Waals surface area contributed by atoms with Crippen molar-refractivity contribution in [2.24, 2.45) is 0 Å². The van der Waals surface area contributed by atoms with E-state index in [0.717, 1.165) is 25.5 Å². The molecule has 0 bridgehead atoms. The van der Waals surface area contributed by atoms with Gasteiger partial charge in [0.05, 0.1) is 0 Å². The van der Waals surface area contributed by atoms with E-state index in [1.807, 2.05) is 13.2 Å². The zero-order chi connectivity index (χ0) is 13.0. The molecule has 1 aliphatic rings. The summed E-state index contributed by atoms with van der Waals surface area (Å²) in [5, 5.41) is 3.19. The molecule has 1 saturated heterocycles. The lowest BCUT2D eigenvalue weighted by Crippen LogP contribution is -2.45. The van der Waals surface area contributed by atoms with Gasteiger partial charge in [0.15, 0.2) is 0 Å². The summed E-state index contributed by atoms with van der Waals surface area (Å²) in [5.74, 6) is 1.12. The van der Waals surface area contributed by atoms with Crippen molar-refractivity contribution in [1.29, 1.82) is 0 Å². The highest BCUT2D eigenvalue weighted by Crippen LogP contribution is 2.20. The van der Waals surface area contributed by atoms with Crippen molar-refractivity contribution in [2.75, 3.05) is 39.1 Å². The molecule has 0 saturated carbocycles. The molecule has 0 spiro atoms. The van der Waals surface area contributed by atoms with E-state index >= 15 is 0 Å². The van der Waals surface area contributed by atoms with Crippen molar-refractivity contribution in [1.82, 2.24) is 15.2 Å². The first-order valence-electron chi connectivity index (χ1n) is 6.71. The third-order valence-electron chi connectivity index (χ3n) is 3.64. The number of aromatic nitrogens is 1. The number of nitrogens with zero attached hydrogens (tertiary/aromatic N) is 3. The predicted octanol–water partition coefficient (Wildman–Crippen LogP) is 1.33. The zero-order valence-corrected chi connectivity index (χ0v) is 11.7. The SMILES string of the molecule is CNCc1ccnc(N2CCCC(N(C)C)C2)c1. The molecule has 2 rings (SSSR count). The van der Waals surface area contributed by atoms with E-state index in [1.165, 1.54) is 18.4 Å². The molecule has 1 aromatic heterocycles. The van der Waals surface area contributed by atoms with Crippen LogP contribution in [0.1, 0.15) is 18.4 Å². The highest BCUT2D eigenvalue weighted by atomic mass is 15.2. The number of pyridine rings is 1. The minimum Gasteiger partial charge on any atom is -0.355 e. The molecule has 0 aromatic carbocycles. The van der Waals surface area contributed by atoms with Gasteiger partial charge in [-0.25, -0.2) is 4.98 Å². The molecular weight excluding hydrogens is 224 g/mol. The molecule has 18 heavy (non-hydrogen) atoms. The minimum absolute atomic E-state index is 0.647. The fourth-order valence-corrected chi connectivity index (χ4v) is 2.53. The first-order chi connectivity index (χ1) is 8.70. The van der Waals surface area contributed by atoms with Gasteiger partial charge in [0, 0.05) is 31.9 Å². The van der Waals surface area contributed by atoms with Crippen molar-refractivity contribution in [3.8, 4) is 0 Å². The van der Waals surface area contributed by atoms with E-state index < -0.39 is 0 Å². The van der Waals surface area contributed by atoms with Crippen molar-refractivity contribution in [2.45, 2.75) is 25.4 Å². The number of anilines is 1. The third kappa shape index (κ3) is 3.21. The summed E-state index contributed by atoms with van der Waals surface area (Å²) in [7, 11) is 6.31. The number of nitrogens with one attached hydrogen (secondary N) is 1. The summed E-state index contributed by atoms with van der Waals surface area (Å²) in [6.07, 6.45) is 4.46. The van der Waals surface area contributed by atoms with Gasteiger partial charge in [-0.2, -0.15) is 0 Å². The highest BCUT2D eigenvalue weighted by molar-refractivity contribution is 5.41. The predicted molar refractivity (Wildman–Crippen MR) is 75.9 cm³/mol. The van der Waals surface area contributed by atoms with Gasteiger partial charge in [0.2, 0.25) is 0 Å². The molecule has 1 N–H and O–H groups in total. The summed E-state index contributed by atoms with van der Waals surface area (Å²) in [6, 6.07) is 4.93. The fraction of sp³-hybridized carbons (Fsp3) is 0.643. The maximum absolute atomic E-state index is 4.52. The van der Waals surface area contributed by atoms with Gasteiger partial charge in [0.25, 0.3) is 0 Å². The zero-order valence-electron chi connectivity index (χ0n) is 11.7. The van der Waals surface area contributed by atoms with Gasteiger partial charge in [-0.3, -0.25) is 0 Å². The van der Waals surface area contributed by atoms with Crippen LogP contribution < -0.4 is 10.2 Å². The second kappa shape index (κ2) is 6.16. The van der Waals surface area contributed by atoms with Crippen LogP contribution in [0.4, 0.5) is 5.82 Å². The van der Waals surface area contributed by atoms with Crippen LogP contribution in [-0.4, -0.2) is 50.2 Å². The number of piperidine rings is 1. The molecule has 1 aromatic rings. The Bertz CT molecular complexity index is 378. The monoisotopic (exact) mass is 248 g/mol. The molecule has 1 fully saturated rings. The van der Waals surface area contributed by atoms with Crippen LogP contribution >= 0.6 is 0 Å². The average molecular weight is 248 g/mol. The number of likely N-dealkylation sites (N-methyl/N-ethyl adjacent to an activating group) is 1. The topological polar surface area (TPSA) is 31.4 Å². The Hall–Kier alpha value is -1.13. The molecule has 100 valence electrons. The smallest absolute Gasteiger partial charge is 0.128 e. The van der Waals surface area contributed by atoms with Crippen LogP contribution in [0, 0.1) is 0 Å². The first-order valence-corrected chi connectivity index (χ1v) is 6.71. The van der Waals surface area contributed by atoms with Crippen LogP contribution in [-0.2, 0) is 6.54 Å². The second-order valence-electron chi connectivity index (χ2n) is 5.26. The van der Waals surface area contributed by atoms with E-state index in [-0.39, 0.29) is 0 Å². The molecule has 1 unspecified atom stereocenters. The normalized spacial score (nSPS) is 20.4. The van der Waals surface area contributed by atoms with E-state index in [4.69, 9.17) is 0 Å². The second-order valence-corrected chi connectivity index (χ2v) is 5.26. The molecule has 4 nitrogen and oxygen atoms in total. The van der Waals surface area contributed by atoms with Gasteiger partial charge in [-0.05, 0) is 51.7 Å². The molecule has 0 amide bonds. The van der Waals surface area contributed by atoms with Gasteiger partial charge in [0.1, 0.15) is 5.82 Å². The average Bonchev–Trinajstić information content (AvgIpc) is 2.39. The summed E-state index contributed by atoms with van der Waals surface area (Å²) >= 11 is 0. The van der Waals surface area contributed by atoms with Gasteiger partial charge in [-0.1, -0.05) is 0 Å². The lowest BCUT2D eigenvalue weighted by Gasteiger charge is -2.36. The molecule has 2 heterocycles.